The molecule has 3 rings (SSSR count). The maximum Gasteiger partial charge on any atom is 0.269 e. The standard InChI is InChI=1S/C18H21N3O2/c22-21(23)18-8-6-14(7-9-18)12-20-17-5-1-3-15(11-17)16-4-2-10-19-13-16/h1,3,5-9,11,16,19-20H,2,4,10,12-13H2. The third-order valence-electron chi connectivity index (χ3n) is 4.30. The van der Waals surface area contributed by atoms with Crippen molar-refractivity contribution in [1.29, 1.82) is 0 Å². The summed E-state index contributed by atoms with van der Waals surface area (Å²) in [5, 5.41) is 17.5. The van der Waals surface area contributed by atoms with Crippen molar-refractivity contribution in [2.24, 2.45) is 0 Å². The van der Waals surface area contributed by atoms with Crippen molar-refractivity contribution in [3.05, 3.63) is 69.8 Å². The van der Waals surface area contributed by atoms with Crippen LogP contribution >= 0.6 is 0 Å². The van der Waals surface area contributed by atoms with Gasteiger partial charge in [0.25, 0.3) is 5.69 Å². The molecule has 0 bridgehead atoms. The van der Waals surface area contributed by atoms with Crippen molar-refractivity contribution in [1.82, 2.24) is 5.32 Å². The zero-order valence-corrected chi connectivity index (χ0v) is 13.0. The van der Waals surface area contributed by atoms with Gasteiger partial charge in [0, 0.05) is 30.9 Å². The number of rotatable bonds is 5. The predicted molar refractivity (Wildman–Crippen MR) is 91.7 cm³/mol. The first-order valence-electron chi connectivity index (χ1n) is 8.00. The Bertz CT molecular complexity index is 664. The van der Waals surface area contributed by atoms with Gasteiger partial charge in [-0.1, -0.05) is 24.3 Å². The molecule has 1 aliphatic rings. The molecule has 5 heteroatoms. The molecule has 2 N–H and O–H groups in total. The van der Waals surface area contributed by atoms with Gasteiger partial charge in [0.05, 0.1) is 4.92 Å². The van der Waals surface area contributed by atoms with Crippen LogP contribution in [0.5, 0.6) is 0 Å². The summed E-state index contributed by atoms with van der Waals surface area (Å²) in [4.78, 5) is 10.3. The van der Waals surface area contributed by atoms with E-state index in [1.54, 1.807) is 24.3 Å². The first-order chi connectivity index (χ1) is 11.2. The summed E-state index contributed by atoms with van der Waals surface area (Å²) in [6.45, 7) is 2.82. The second-order valence-electron chi connectivity index (χ2n) is 5.95. The number of non-ortho nitro benzene ring substituents is 1. The number of hydrogen-bond donors (Lipinski definition) is 2. The largest absolute Gasteiger partial charge is 0.381 e. The molecule has 0 amide bonds. The molecule has 120 valence electrons. The van der Waals surface area contributed by atoms with Crippen LogP contribution < -0.4 is 10.6 Å². The Hall–Kier alpha value is -2.40. The first kappa shape index (κ1) is 15.5. The fourth-order valence-electron chi connectivity index (χ4n) is 2.98. The van der Waals surface area contributed by atoms with Gasteiger partial charge in [-0.25, -0.2) is 0 Å². The molecular formula is C18H21N3O2. The lowest BCUT2D eigenvalue weighted by Gasteiger charge is -2.23. The van der Waals surface area contributed by atoms with Crippen LogP contribution in [0.1, 0.15) is 29.9 Å². The maximum atomic E-state index is 10.7. The summed E-state index contributed by atoms with van der Waals surface area (Å²) < 4.78 is 0. The topological polar surface area (TPSA) is 67.2 Å². The average molecular weight is 311 g/mol. The van der Waals surface area contributed by atoms with Crippen LogP contribution in [0.25, 0.3) is 0 Å². The van der Waals surface area contributed by atoms with Crippen molar-refractivity contribution in [2.75, 3.05) is 18.4 Å². The lowest BCUT2D eigenvalue weighted by Crippen LogP contribution is -2.28. The minimum Gasteiger partial charge on any atom is -0.381 e. The molecule has 2 aromatic rings. The number of nitrogens with one attached hydrogen (secondary N) is 2. The number of nitro groups is 1. The number of benzene rings is 2. The monoisotopic (exact) mass is 311 g/mol. The van der Waals surface area contributed by atoms with Gasteiger partial charge in [-0.3, -0.25) is 10.1 Å². The van der Waals surface area contributed by atoms with Gasteiger partial charge >= 0.3 is 0 Å². The minimum atomic E-state index is -0.376. The Morgan fingerprint density at radius 1 is 1.22 bits per heavy atom. The van der Waals surface area contributed by atoms with Gasteiger partial charge < -0.3 is 10.6 Å². The number of hydrogen-bond acceptors (Lipinski definition) is 4. The molecule has 23 heavy (non-hydrogen) atoms. The van der Waals surface area contributed by atoms with Crippen LogP contribution in [0.4, 0.5) is 11.4 Å². The van der Waals surface area contributed by atoms with Crippen molar-refractivity contribution in [3.63, 3.8) is 0 Å². The fourth-order valence-corrected chi connectivity index (χ4v) is 2.98. The van der Waals surface area contributed by atoms with E-state index in [0.29, 0.717) is 12.5 Å². The quantitative estimate of drug-likeness (QED) is 0.653. The third kappa shape index (κ3) is 4.07. The summed E-state index contributed by atoms with van der Waals surface area (Å²) in [6.07, 6.45) is 2.46. The van der Waals surface area contributed by atoms with Gasteiger partial charge in [-0.15, -0.1) is 0 Å². The number of nitrogens with zero attached hydrogens (tertiary/aromatic N) is 1. The zero-order chi connectivity index (χ0) is 16.1. The van der Waals surface area contributed by atoms with Crippen LogP contribution in [0, 0.1) is 10.1 Å². The Balaban J connectivity index is 1.62. The van der Waals surface area contributed by atoms with Crippen molar-refractivity contribution in [3.8, 4) is 0 Å². The van der Waals surface area contributed by atoms with E-state index in [0.717, 1.165) is 24.3 Å². The van der Waals surface area contributed by atoms with Gasteiger partial charge in [-0.05, 0) is 48.6 Å². The number of anilines is 1. The molecule has 0 saturated carbocycles. The Morgan fingerprint density at radius 3 is 2.74 bits per heavy atom. The van der Waals surface area contributed by atoms with E-state index >= 15 is 0 Å². The summed E-state index contributed by atoms with van der Waals surface area (Å²) >= 11 is 0. The van der Waals surface area contributed by atoms with Crippen LogP contribution in [0.2, 0.25) is 0 Å². The van der Waals surface area contributed by atoms with E-state index in [2.05, 4.69) is 34.9 Å². The lowest BCUT2D eigenvalue weighted by molar-refractivity contribution is -0.384. The minimum absolute atomic E-state index is 0.126. The van der Waals surface area contributed by atoms with E-state index in [-0.39, 0.29) is 10.6 Å². The third-order valence-corrected chi connectivity index (χ3v) is 4.30. The average Bonchev–Trinajstić information content (AvgIpc) is 2.61. The molecule has 1 heterocycles. The molecule has 1 saturated heterocycles. The smallest absolute Gasteiger partial charge is 0.269 e. The van der Waals surface area contributed by atoms with Gasteiger partial charge in [-0.2, -0.15) is 0 Å². The van der Waals surface area contributed by atoms with E-state index in [1.165, 1.54) is 18.4 Å². The van der Waals surface area contributed by atoms with Crippen LogP contribution in [0.3, 0.4) is 0 Å². The van der Waals surface area contributed by atoms with E-state index in [9.17, 15) is 10.1 Å². The van der Waals surface area contributed by atoms with Gasteiger partial charge in [0.2, 0.25) is 0 Å². The first-order valence-corrected chi connectivity index (χ1v) is 8.00. The Morgan fingerprint density at radius 2 is 2.04 bits per heavy atom. The SMILES string of the molecule is O=[N+]([O-])c1ccc(CNc2cccc(C3CCCNC3)c2)cc1. The highest BCUT2D eigenvalue weighted by Gasteiger charge is 2.15. The highest BCUT2D eigenvalue weighted by atomic mass is 16.6. The van der Waals surface area contributed by atoms with Gasteiger partial charge in [0.1, 0.15) is 0 Å². The van der Waals surface area contributed by atoms with Crippen molar-refractivity contribution in [2.45, 2.75) is 25.3 Å². The molecule has 0 aliphatic carbocycles. The van der Waals surface area contributed by atoms with Gasteiger partial charge in [0.15, 0.2) is 0 Å². The Kier molecular flexibility index (Phi) is 4.88. The summed E-state index contributed by atoms with van der Waals surface area (Å²) in [6, 6.07) is 15.2. The fraction of sp³-hybridized carbons (Fsp3) is 0.333. The van der Waals surface area contributed by atoms with Crippen LogP contribution in [-0.4, -0.2) is 18.0 Å². The van der Waals surface area contributed by atoms with Crippen molar-refractivity contribution < 1.29 is 4.92 Å². The van der Waals surface area contributed by atoms with Crippen molar-refractivity contribution >= 4 is 11.4 Å². The Labute approximate surface area is 135 Å². The molecule has 1 unspecified atom stereocenters. The molecule has 2 aromatic carbocycles. The summed E-state index contributed by atoms with van der Waals surface area (Å²) in [5.41, 5.74) is 3.61. The van der Waals surface area contributed by atoms with E-state index < -0.39 is 0 Å². The molecular weight excluding hydrogens is 290 g/mol. The summed E-state index contributed by atoms with van der Waals surface area (Å²) in [5.74, 6) is 0.588. The molecule has 1 aliphatic heterocycles. The molecule has 5 nitrogen and oxygen atoms in total. The van der Waals surface area contributed by atoms with E-state index in [1.807, 2.05) is 0 Å². The second kappa shape index (κ2) is 7.24. The van der Waals surface area contributed by atoms with E-state index in [4.69, 9.17) is 0 Å². The highest BCUT2D eigenvalue weighted by Crippen LogP contribution is 2.25. The molecule has 1 fully saturated rings. The highest BCUT2D eigenvalue weighted by molar-refractivity contribution is 5.47. The molecule has 0 aromatic heterocycles. The molecule has 0 radical (unpaired) electrons. The second-order valence-corrected chi connectivity index (χ2v) is 5.95. The molecule has 0 spiro atoms. The van der Waals surface area contributed by atoms with Crippen LogP contribution in [-0.2, 0) is 6.54 Å². The van der Waals surface area contributed by atoms with Crippen LogP contribution in [0.15, 0.2) is 48.5 Å². The number of piperidine rings is 1. The number of nitro benzene ring substituents is 1. The normalized spacial score (nSPS) is 17.7. The zero-order valence-electron chi connectivity index (χ0n) is 13.0. The maximum absolute atomic E-state index is 10.7. The summed E-state index contributed by atoms with van der Waals surface area (Å²) in [7, 11) is 0. The predicted octanol–water partition coefficient (Wildman–Crippen LogP) is 3.67. The molecule has 1 atom stereocenters. The lowest BCUT2D eigenvalue weighted by atomic mass is 9.91.